The molecule has 92 valence electrons. The number of rotatable bonds is 4. The third-order valence-corrected chi connectivity index (χ3v) is 3.33. The van der Waals surface area contributed by atoms with Crippen LogP contribution in [0, 0.1) is 6.92 Å². The van der Waals surface area contributed by atoms with Crippen molar-refractivity contribution in [3.63, 3.8) is 0 Å². The lowest BCUT2D eigenvalue weighted by molar-refractivity contribution is 0.415. The maximum Gasteiger partial charge on any atom is 0.119 e. The molecule has 1 heterocycles. The smallest absolute Gasteiger partial charge is 0.119 e. The average Bonchev–Trinajstić information content (AvgIpc) is 2.62. The number of aryl methyl sites for hydroxylation is 1. The predicted octanol–water partition coefficient (Wildman–Crippen LogP) is 2.70. The summed E-state index contributed by atoms with van der Waals surface area (Å²) >= 11 is 0. The van der Waals surface area contributed by atoms with Crippen LogP contribution < -0.4 is 10.1 Å². The largest absolute Gasteiger partial charge is 0.497 e. The maximum atomic E-state index is 5.31. The second kappa shape index (κ2) is 4.80. The number of methoxy groups -OCH3 is 1. The van der Waals surface area contributed by atoms with E-state index < -0.39 is 0 Å². The molecule has 3 heteroatoms. The summed E-state index contributed by atoms with van der Waals surface area (Å²) in [4.78, 5) is 0. The van der Waals surface area contributed by atoms with E-state index in [4.69, 9.17) is 4.74 Å². The summed E-state index contributed by atoms with van der Waals surface area (Å²) in [6, 6.07) is 6.29. The molecule has 0 aliphatic heterocycles. The molecular formula is C14H20N2O. The Morgan fingerprint density at radius 1 is 1.35 bits per heavy atom. The molecule has 3 nitrogen and oxygen atoms in total. The molecule has 0 aliphatic carbocycles. The quantitative estimate of drug-likeness (QED) is 0.877. The first-order valence-corrected chi connectivity index (χ1v) is 6.03. The van der Waals surface area contributed by atoms with E-state index >= 15 is 0 Å². The van der Waals surface area contributed by atoms with Gasteiger partial charge in [-0.25, -0.2) is 0 Å². The molecule has 0 spiro atoms. The molecule has 1 N–H and O–H groups in total. The molecule has 0 saturated carbocycles. The van der Waals surface area contributed by atoms with E-state index in [1.807, 2.05) is 13.1 Å². The molecule has 1 aromatic carbocycles. The summed E-state index contributed by atoms with van der Waals surface area (Å²) in [7, 11) is 3.69. The number of hydrogen-bond donors (Lipinski definition) is 1. The zero-order chi connectivity index (χ0) is 12.4. The van der Waals surface area contributed by atoms with E-state index in [0.29, 0.717) is 0 Å². The van der Waals surface area contributed by atoms with Gasteiger partial charge < -0.3 is 14.6 Å². The van der Waals surface area contributed by atoms with Crippen LogP contribution in [0.3, 0.4) is 0 Å². The lowest BCUT2D eigenvalue weighted by Crippen LogP contribution is -2.06. The number of fused-ring (bicyclic) bond motifs is 1. The Bertz CT molecular complexity index is 528. The summed E-state index contributed by atoms with van der Waals surface area (Å²) in [5.41, 5.74) is 3.99. The highest BCUT2D eigenvalue weighted by Crippen LogP contribution is 2.29. The molecule has 17 heavy (non-hydrogen) atoms. The van der Waals surface area contributed by atoms with E-state index in [-0.39, 0.29) is 0 Å². The van der Waals surface area contributed by atoms with E-state index in [9.17, 15) is 0 Å². The Balaban J connectivity index is 2.71. The summed E-state index contributed by atoms with van der Waals surface area (Å²) in [5, 5.41) is 4.53. The number of ether oxygens (including phenoxy) is 1. The standard InChI is InChI=1S/C14H20N2O/c1-5-16-10(2)13(9-15-3)12-8-11(17-4)6-7-14(12)16/h6-8,15H,5,9H2,1-4H3. The normalized spacial score (nSPS) is 11.1. The van der Waals surface area contributed by atoms with Crippen LogP contribution in [0.2, 0.25) is 0 Å². The van der Waals surface area contributed by atoms with Gasteiger partial charge in [0.25, 0.3) is 0 Å². The first-order chi connectivity index (χ1) is 8.22. The van der Waals surface area contributed by atoms with Gasteiger partial charge >= 0.3 is 0 Å². The Hall–Kier alpha value is -1.48. The van der Waals surface area contributed by atoms with Crippen molar-refractivity contribution in [1.29, 1.82) is 0 Å². The van der Waals surface area contributed by atoms with Crippen LogP contribution in [0.4, 0.5) is 0 Å². The van der Waals surface area contributed by atoms with Gasteiger partial charge in [0.05, 0.1) is 7.11 Å². The van der Waals surface area contributed by atoms with Crippen molar-refractivity contribution < 1.29 is 4.74 Å². The van der Waals surface area contributed by atoms with Gasteiger partial charge in [-0.05, 0) is 44.7 Å². The number of benzene rings is 1. The number of hydrogen-bond acceptors (Lipinski definition) is 2. The molecule has 0 saturated heterocycles. The minimum Gasteiger partial charge on any atom is -0.497 e. The van der Waals surface area contributed by atoms with Crippen molar-refractivity contribution in [2.45, 2.75) is 26.9 Å². The SMILES string of the molecule is CCn1c(C)c(CNC)c2cc(OC)ccc21. The summed E-state index contributed by atoms with van der Waals surface area (Å²) in [5.74, 6) is 0.920. The number of aromatic nitrogens is 1. The van der Waals surface area contributed by atoms with Gasteiger partial charge in [-0.3, -0.25) is 0 Å². The van der Waals surface area contributed by atoms with Gasteiger partial charge in [0.1, 0.15) is 5.75 Å². The highest BCUT2D eigenvalue weighted by molar-refractivity contribution is 5.86. The molecule has 2 aromatic rings. The molecule has 0 atom stereocenters. The molecule has 0 amide bonds. The predicted molar refractivity (Wildman–Crippen MR) is 71.7 cm³/mol. The first-order valence-electron chi connectivity index (χ1n) is 6.03. The van der Waals surface area contributed by atoms with Crippen LogP contribution in [0.5, 0.6) is 5.75 Å². The Kier molecular flexibility index (Phi) is 3.38. The zero-order valence-corrected chi connectivity index (χ0v) is 11.0. The van der Waals surface area contributed by atoms with E-state index in [1.54, 1.807) is 7.11 Å². The average molecular weight is 232 g/mol. The van der Waals surface area contributed by atoms with Gasteiger partial charge in [0.2, 0.25) is 0 Å². The molecule has 0 fully saturated rings. The highest BCUT2D eigenvalue weighted by atomic mass is 16.5. The lowest BCUT2D eigenvalue weighted by atomic mass is 10.1. The van der Waals surface area contributed by atoms with E-state index in [0.717, 1.165) is 18.8 Å². The monoisotopic (exact) mass is 232 g/mol. The van der Waals surface area contributed by atoms with Crippen LogP contribution in [-0.4, -0.2) is 18.7 Å². The van der Waals surface area contributed by atoms with Crippen molar-refractivity contribution in [2.75, 3.05) is 14.2 Å². The molecule has 0 aliphatic rings. The second-order valence-corrected chi connectivity index (χ2v) is 4.22. The summed E-state index contributed by atoms with van der Waals surface area (Å²) in [6.07, 6.45) is 0. The van der Waals surface area contributed by atoms with Crippen LogP contribution in [-0.2, 0) is 13.1 Å². The molecule has 0 radical (unpaired) electrons. The van der Waals surface area contributed by atoms with Gasteiger partial charge in [-0.2, -0.15) is 0 Å². The van der Waals surface area contributed by atoms with Crippen LogP contribution in [0.25, 0.3) is 10.9 Å². The minimum atomic E-state index is 0.891. The van der Waals surface area contributed by atoms with Crippen molar-refractivity contribution in [3.05, 3.63) is 29.5 Å². The third-order valence-electron chi connectivity index (χ3n) is 3.33. The molecule has 2 rings (SSSR count). The Morgan fingerprint density at radius 2 is 2.12 bits per heavy atom. The van der Waals surface area contributed by atoms with Crippen LogP contribution in [0.1, 0.15) is 18.2 Å². The fourth-order valence-electron chi connectivity index (χ4n) is 2.47. The van der Waals surface area contributed by atoms with Gasteiger partial charge in [-0.1, -0.05) is 0 Å². The Labute approximate surface area is 102 Å². The summed E-state index contributed by atoms with van der Waals surface area (Å²) < 4.78 is 7.66. The molecule has 0 bridgehead atoms. The Morgan fingerprint density at radius 3 is 2.71 bits per heavy atom. The van der Waals surface area contributed by atoms with Crippen molar-refractivity contribution in [1.82, 2.24) is 9.88 Å². The number of nitrogens with zero attached hydrogens (tertiary/aromatic N) is 1. The topological polar surface area (TPSA) is 26.2 Å². The molecule has 1 aromatic heterocycles. The third kappa shape index (κ3) is 1.91. The fourth-order valence-corrected chi connectivity index (χ4v) is 2.47. The first kappa shape index (κ1) is 12.0. The minimum absolute atomic E-state index is 0.891. The van der Waals surface area contributed by atoms with E-state index in [1.165, 1.54) is 22.2 Å². The zero-order valence-electron chi connectivity index (χ0n) is 11.0. The van der Waals surface area contributed by atoms with Gasteiger partial charge in [0, 0.05) is 29.7 Å². The highest BCUT2D eigenvalue weighted by Gasteiger charge is 2.12. The van der Waals surface area contributed by atoms with Crippen molar-refractivity contribution >= 4 is 10.9 Å². The summed E-state index contributed by atoms with van der Waals surface area (Å²) in [6.45, 7) is 6.25. The fraction of sp³-hybridized carbons (Fsp3) is 0.429. The molecular weight excluding hydrogens is 212 g/mol. The van der Waals surface area contributed by atoms with Gasteiger partial charge in [-0.15, -0.1) is 0 Å². The lowest BCUT2D eigenvalue weighted by Gasteiger charge is -2.04. The van der Waals surface area contributed by atoms with Crippen molar-refractivity contribution in [3.8, 4) is 5.75 Å². The van der Waals surface area contributed by atoms with E-state index in [2.05, 4.69) is 35.9 Å². The van der Waals surface area contributed by atoms with Crippen LogP contribution >= 0.6 is 0 Å². The number of nitrogens with one attached hydrogen (secondary N) is 1. The second-order valence-electron chi connectivity index (χ2n) is 4.22. The van der Waals surface area contributed by atoms with Crippen molar-refractivity contribution in [2.24, 2.45) is 0 Å². The van der Waals surface area contributed by atoms with Crippen LogP contribution in [0.15, 0.2) is 18.2 Å². The maximum absolute atomic E-state index is 5.31. The van der Waals surface area contributed by atoms with Gasteiger partial charge in [0.15, 0.2) is 0 Å². The molecule has 0 unspecified atom stereocenters.